The highest BCUT2D eigenvalue weighted by molar-refractivity contribution is 5.14. The van der Waals surface area contributed by atoms with Gasteiger partial charge in [0.15, 0.2) is 0 Å². The molecule has 0 radical (unpaired) electrons. The summed E-state index contributed by atoms with van der Waals surface area (Å²) in [6, 6.07) is 4.17. The molecule has 0 amide bonds. The van der Waals surface area contributed by atoms with Crippen molar-refractivity contribution < 1.29 is 4.74 Å². The smallest absolute Gasteiger partial charge is 0.233 e. The number of aromatic nitrogens is 2. The Morgan fingerprint density at radius 2 is 1.89 bits per heavy atom. The van der Waals surface area contributed by atoms with Gasteiger partial charge in [0.25, 0.3) is 0 Å². The maximum absolute atomic E-state index is 5.04. The zero-order chi connectivity index (χ0) is 13.4. The highest BCUT2D eigenvalue weighted by Gasteiger charge is 2.17. The molecule has 1 N–H and O–H groups in total. The number of nitrogens with one attached hydrogen (secondary N) is 1. The monoisotopic (exact) mass is 251 g/mol. The maximum atomic E-state index is 5.04. The number of rotatable bonds is 8. The predicted molar refractivity (Wildman–Crippen MR) is 73.7 cm³/mol. The Balaban J connectivity index is 2.75. The SMILES string of the molecule is CCNC(CC(CC)CC)c1ccc(OC)nn1. The van der Waals surface area contributed by atoms with Gasteiger partial charge < -0.3 is 10.1 Å². The van der Waals surface area contributed by atoms with Crippen molar-refractivity contribution in [2.45, 2.75) is 46.1 Å². The molecule has 4 heteroatoms. The van der Waals surface area contributed by atoms with Gasteiger partial charge in [-0.3, -0.25) is 0 Å². The molecule has 0 bridgehead atoms. The van der Waals surface area contributed by atoms with Crippen LogP contribution in [-0.2, 0) is 0 Å². The fourth-order valence-electron chi connectivity index (χ4n) is 2.14. The van der Waals surface area contributed by atoms with Crippen molar-refractivity contribution in [2.24, 2.45) is 5.92 Å². The van der Waals surface area contributed by atoms with Crippen LogP contribution < -0.4 is 10.1 Å². The third-order valence-electron chi connectivity index (χ3n) is 3.40. The summed E-state index contributed by atoms with van der Waals surface area (Å²) in [7, 11) is 1.61. The van der Waals surface area contributed by atoms with E-state index < -0.39 is 0 Å². The van der Waals surface area contributed by atoms with Crippen LogP contribution in [0.3, 0.4) is 0 Å². The van der Waals surface area contributed by atoms with Crippen molar-refractivity contribution in [1.29, 1.82) is 0 Å². The molecular weight excluding hydrogens is 226 g/mol. The number of hydrogen-bond acceptors (Lipinski definition) is 4. The van der Waals surface area contributed by atoms with Gasteiger partial charge in [-0.15, -0.1) is 5.10 Å². The summed E-state index contributed by atoms with van der Waals surface area (Å²) in [5.41, 5.74) is 1.00. The lowest BCUT2D eigenvalue weighted by Crippen LogP contribution is -2.24. The van der Waals surface area contributed by atoms with Crippen LogP contribution in [0.5, 0.6) is 5.88 Å². The molecule has 1 heterocycles. The van der Waals surface area contributed by atoms with Gasteiger partial charge in [-0.2, -0.15) is 5.10 Å². The van der Waals surface area contributed by atoms with Crippen molar-refractivity contribution in [2.75, 3.05) is 13.7 Å². The third-order valence-corrected chi connectivity index (χ3v) is 3.40. The van der Waals surface area contributed by atoms with Gasteiger partial charge in [0.05, 0.1) is 18.8 Å². The van der Waals surface area contributed by atoms with E-state index in [0.29, 0.717) is 11.9 Å². The molecule has 4 nitrogen and oxygen atoms in total. The minimum Gasteiger partial charge on any atom is -0.480 e. The summed E-state index contributed by atoms with van der Waals surface area (Å²) < 4.78 is 5.04. The van der Waals surface area contributed by atoms with E-state index in [9.17, 15) is 0 Å². The molecule has 0 spiro atoms. The Bertz CT molecular complexity index is 322. The third kappa shape index (κ3) is 4.26. The van der Waals surface area contributed by atoms with E-state index in [1.807, 2.05) is 12.1 Å². The second-order valence-electron chi connectivity index (χ2n) is 4.53. The van der Waals surface area contributed by atoms with Crippen molar-refractivity contribution in [3.8, 4) is 5.88 Å². The Kier molecular flexibility index (Phi) is 6.65. The van der Waals surface area contributed by atoms with Gasteiger partial charge >= 0.3 is 0 Å². The Labute approximate surface area is 110 Å². The van der Waals surface area contributed by atoms with Crippen LogP contribution >= 0.6 is 0 Å². The second kappa shape index (κ2) is 8.03. The standard InChI is InChI=1S/C14H25N3O/c1-5-11(6-2)10-13(15-7-3)12-8-9-14(18-4)17-16-12/h8-9,11,13,15H,5-7,10H2,1-4H3. The molecule has 1 atom stereocenters. The number of ether oxygens (including phenoxy) is 1. The summed E-state index contributed by atoms with van der Waals surface area (Å²) in [5, 5.41) is 11.8. The predicted octanol–water partition coefficient (Wildman–Crippen LogP) is 2.96. The molecule has 102 valence electrons. The highest BCUT2D eigenvalue weighted by Crippen LogP contribution is 2.24. The number of nitrogens with zero attached hydrogens (tertiary/aromatic N) is 2. The Morgan fingerprint density at radius 3 is 2.33 bits per heavy atom. The first-order chi connectivity index (χ1) is 8.74. The van der Waals surface area contributed by atoms with E-state index in [1.54, 1.807) is 7.11 Å². The molecule has 0 saturated carbocycles. The van der Waals surface area contributed by atoms with Crippen molar-refractivity contribution in [3.05, 3.63) is 17.8 Å². The molecule has 1 aromatic heterocycles. The first kappa shape index (κ1) is 14.9. The van der Waals surface area contributed by atoms with E-state index in [1.165, 1.54) is 12.8 Å². The molecule has 0 fully saturated rings. The molecule has 0 aliphatic carbocycles. The van der Waals surface area contributed by atoms with Gasteiger partial charge in [0, 0.05) is 6.07 Å². The maximum Gasteiger partial charge on any atom is 0.233 e. The molecule has 0 aliphatic rings. The summed E-state index contributed by atoms with van der Waals surface area (Å²) in [6.45, 7) is 7.56. The van der Waals surface area contributed by atoms with E-state index in [4.69, 9.17) is 4.74 Å². The van der Waals surface area contributed by atoms with Crippen LogP contribution in [0.1, 0.15) is 51.8 Å². The minimum absolute atomic E-state index is 0.290. The number of hydrogen-bond donors (Lipinski definition) is 1. The fraction of sp³-hybridized carbons (Fsp3) is 0.714. The van der Waals surface area contributed by atoms with Crippen LogP contribution in [0.15, 0.2) is 12.1 Å². The summed E-state index contributed by atoms with van der Waals surface area (Å²) in [4.78, 5) is 0. The fourth-order valence-corrected chi connectivity index (χ4v) is 2.14. The van der Waals surface area contributed by atoms with Gasteiger partial charge in [0.2, 0.25) is 5.88 Å². The lowest BCUT2D eigenvalue weighted by Gasteiger charge is -2.21. The molecular formula is C14H25N3O. The van der Waals surface area contributed by atoms with Crippen LogP contribution in [0.2, 0.25) is 0 Å². The van der Waals surface area contributed by atoms with Crippen LogP contribution in [0, 0.1) is 5.92 Å². The molecule has 0 saturated heterocycles. The van der Waals surface area contributed by atoms with Crippen LogP contribution in [0.25, 0.3) is 0 Å². The second-order valence-corrected chi connectivity index (χ2v) is 4.53. The topological polar surface area (TPSA) is 47.0 Å². The van der Waals surface area contributed by atoms with Gasteiger partial charge in [-0.25, -0.2) is 0 Å². The van der Waals surface area contributed by atoms with Crippen LogP contribution in [0.4, 0.5) is 0 Å². The quantitative estimate of drug-likeness (QED) is 0.771. The lowest BCUT2D eigenvalue weighted by atomic mass is 9.93. The van der Waals surface area contributed by atoms with Gasteiger partial charge in [0.1, 0.15) is 0 Å². The van der Waals surface area contributed by atoms with Gasteiger partial charge in [-0.05, 0) is 24.9 Å². The molecule has 18 heavy (non-hydrogen) atoms. The van der Waals surface area contributed by atoms with Crippen molar-refractivity contribution in [3.63, 3.8) is 0 Å². The molecule has 1 aromatic rings. The average Bonchev–Trinajstić information content (AvgIpc) is 2.43. The molecule has 0 aromatic carbocycles. The van der Waals surface area contributed by atoms with E-state index in [-0.39, 0.29) is 0 Å². The van der Waals surface area contributed by atoms with Crippen LogP contribution in [-0.4, -0.2) is 23.9 Å². The first-order valence-electron chi connectivity index (χ1n) is 6.86. The molecule has 1 rings (SSSR count). The summed E-state index contributed by atoms with van der Waals surface area (Å²) in [5.74, 6) is 1.30. The summed E-state index contributed by atoms with van der Waals surface area (Å²) in [6.07, 6.45) is 3.53. The van der Waals surface area contributed by atoms with Gasteiger partial charge in [-0.1, -0.05) is 33.6 Å². The first-order valence-corrected chi connectivity index (χ1v) is 6.86. The van der Waals surface area contributed by atoms with Crippen molar-refractivity contribution in [1.82, 2.24) is 15.5 Å². The largest absolute Gasteiger partial charge is 0.480 e. The summed E-state index contributed by atoms with van der Waals surface area (Å²) >= 11 is 0. The Morgan fingerprint density at radius 1 is 1.17 bits per heavy atom. The van der Waals surface area contributed by atoms with E-state index in [2.05, 4.69) is 36.3 Å². The lowest BCUT2D eigenvalue weighted by molar-refractivity contribution is 0.363. The molecule has 1 unspecified atom stereocenters. The minimum atomic E-state index is 0.290. The van der Waals surface area contributed by atoms with E-state index >= 15 is 0 Å². The zero-order valence-electron chi connectivity index (χ0n) is 11.9. The normalized spacial score (nSPS) is 12.7. The Hall–Kier alpha value is -1.16. The zero-order valence-corrected chi connectivity index (χ0v) is 11.9. The average molecular weight is 251 g/mol. The number of methoxy groups -OCH3 is 1. The highest BCUT2D eigenvalue weighted by atomic mass is 16.5. The van der Waals surface area contributed by atoms with Crippen molar-refractivity contribution >= 4 is 0 Å². The van der Waals surface area contributed by atoms with E-state index in [0.717, 1.165) is 24.6 Å². The molecule has 0 aliphatic heterocycles.